The van der Waals surface area contributed by atoms with Gasteiger partial charge < -0.3 is 14.5 Å². The van der Waals surface area contributed by atoms with E-state index in [1.807, 2.05) is 56.6 Å². The Morgan fingerprint density at radius 2 is 1.62 bits per heavy atom. The lowest BCUT2D eigenvalue weighted by molar-refractivity contribution is -0.129. The van der Waals surface area contributed by atoms with Crippen LogP contribution in [0, 0.1) is 0 Å². The number of likely N-dealkylation sites (N-methyl/N-ethyl adjacent to an activating group) is 1. The van der Waals surface area contributed by atoms with E-state index in [1.165, 1.54) is 0 Å². The molecule has 4 nitrogen and oxygen atoms in total. The highest BCUT2D eigenvalue weighted by molar-refractivity contribution is 5.88. The van der Waals surface area contributed by atoms with Gasteiger partial charge in [-0.05, 0) is 17.2 Å². The number of benzene rings is 2. The molecule has 0 saturated carbocycles. The summed E-state index contributed by atoms with van der Waals surface area (Å²) in [6.45, 7) is 3.17. The summed E-state index contributed by atoms with van der Waals surface area (Å²) < 4.78 is 5.48. The SMILES string of the molecule is CN(C)C(=O)C(c1ccccc1)c1ccccc1N1CCOCC1. The number of hydrogen-bond acceptors (Lipinski definition) is 3. The van der Waals surface area contributed by atoms with Crippen molar-refractivity contribution in [3.63, 3.8) is 0 Å². The second-order valence-corrected chi connectivity index (χ2v) is 6.23. The average Bonchev–Trinajstić information content (AvgIpc) is 2.64. The molecule has 1 aliphatic heterocycles. The van der Waals surface area contributed by atoms with Gasteiger partial charge in [0.15, 0.2) is 0 Å². The lowest BCUT2D eigenvalue weighted by atomic mass is 9.88. The van der Waals surface area contributed by atoms with E-state index < -0.39 is 0 Å². The van der Waals surface area contributed by atoms with Crippen molar-refractivity contribution in [3.8, 4) is 0 Å². The largest absolute Gasteiger partial charge is 0.378 e. The third-order valence-electron chi connectivity index (χ3n) is 4.42. The Morgan fingerprint density at radius 1 is 1.00 bits per heavy atom. The molecule has 0 aromatic heterocycles. The van der Waals surface area contributed by atoms with Gasteiger partial charge in [-0.3, -0.25) is 4.79 Å². The maximum absolute atomic E-state index is 13.0. The summed E-state index contributed by atoms with van der Waals surface area (Å²) in [4.78, 5) is 17.0. The zero-order chi connectivity index (χ0) is 16.9. The third kappa shape index (κ3) is 3.44. The highest BCUT2D eigenvalue weighted by Crippen LogP contribution is 2.34. The fourth-order valence-corrected chi connectivity index (χ4v) is 3.18. The van der Waals surface area contributed by atoms with Crippen LogP contribution in [0.25, 0.3) is 0 Å². The summed E-state index contributed by atoms with van der Waals surface area (Å²) in [7, 11) is 3.63. The van der Waals surface area contributed by atoms with Crippen molar-refractivity contribution in [1.29, 1.82) is 0 Å². The summed E-state index contributed by atoms with van der Waals surface area (Å²) in [6.07, 6.45) is 0. The predicted molar refractivity (Wildman–Crippen MR) is 96.5 cm³/mol. The van der Waals surface area contributed by atoms with E-state index in [0.29, 0.717) is 0 Å². The molecule has 4 heteroatoms. The number of para-hydroxylation sites is 1. The van der Waals surface area contributed by atoms with Crippen LogP contribution in [0.3, 0.4) is 0 Å². The Balaban J connectivity index is 2.06. The van der Waals surface area contributed by atoms with Crippen molar-refractivity contribution in [2.24, 2.45) is 0 Å². The molecule has 0 radical (unpaired) electrons. The van der Waals surface area contributed by atoms with Gasteiger partial charge in [0, 0.05) is 32.9 Å². The second-order valence-electron chi connectivity index (χ2n) is 6.23. The minimum Gasteiger partial charge on any atom is -0.378 e. The van der Waals surface area contributed by atoms with Crippen LogP contribution >= 0.6 is 0 Å². The first-order valence-corrected chi connectivity index (χ1v) is 8.36. The molecule has 0 bridgehead atoms. The van der Waals surface area contributed by atoms with Gasteiger partial charge in [0.1, 0.15) is 0 Å². The number of ether oxygens (including phenoxy) is 1. The lowest BCUT2D eigenvalue weighted by Gasteiger charge is -2.33. The first kappa shape index (κ1) is 16.5. The van der Waals surface area contributed by atoms with E-state index in [9.17, 15) is 4.79 Å². The maximum atomic E-state index is 13.0. The Hall–Kier alpha value is -2.33. The molecular formula is C20H24N2O2. The van der Waals surface area contributed by atoms with Gasteiger partial charge in [0.25, 0.3) is 0 Å². The summed E-state index contributed by atoms with van der Waals surface area (Å²) in [5.41, 5.74) is 3.21. The number of amides is 1. The molecule has 1 fully saturated rings. The molecule has 126 valence electrons. The molecule has 1 atom stereocenters. The van der Waals surface area contributed by atoms with E-state index >= 15 is 0 Å². The molecule has 24 heavy (non-hydrogen) atoms. The molecule has 0 N–H and O–H groups in total. The highest BCUT2D eigenvalue weighted by Gasteiger charge is 2.28. The van der Waals surface area contributed by atoms with Crippen molar-refractivity contribution in [1.82, 2.24) is 4.90 Å². The average molecular weight is 324 g/mol. The fourth-order valence-electron chi connectivity index (χ4n) is 3.18. The van der Waals surface area contributed by atoms with Crippen molar-refractivity contribution in [2.75, 3.05) is 45.3 Å². The zero-order valence-electron chi connectivity index (χ0n) is 14.3. The van der Waals surface area contributed by atoms with Crippen LogP contribution in [-0.2, 0) is 9.53 Å². The van der Waals surface area contributed by atoms with Gasteiger partial charge in [-0.1, -0.05) is 48.5 Å². The van der Waals surface area contributed by atoms with Crippen molar-refractivity contribution in [2.45, 2.75) is 5.92 Å². The van der Waals surface area contributed by atoms with Crippen LogP contribution in [0.5, 0.6) is 0 Å². The van der Waals surface area contributed by atoms with Crippen LogP contribution in [0.4, 0.5) is 5.69 Å². The highest BCUT2D eigenvalue weighted by atomic mass is 16.5. The van der Waals surface area contributed by atoms with Crippen LogP contribution in [0.15, 0.2) is 54.6 Å². The molecule has 2 aromatic rings. The van der Waals surface area contributed by atoms with Crippen LogP contribution in [0.2, 0.25) is 0 Å². The fraction of sp³-hybridized carbons (Fsp3) is 0.350. The molecule has 0 aliphatic carbocycles. The second kappa shape index (κ2) is 7.49. The van der Waals surface area contributed by atoms with Crippen LogP contribution in [-0.4, -0.2) is 51.2 Å². The normalized spacial score (nSPS) is 15.8. The lowest BCUT2D eigenvalue weighted by Crippen LogP contribution is -2.38. The summed E-state index contributed by atoms with van der Waals surface area (Å²) in [5, 5.41) is 0. The Bertz CT molecular complexity index is 679. The Morgan fingerprint density at radius 3 is 2.29 bits per heavy atom. The van der Waals surface area contributed by atoms with Gasteiger partial charge in [-0.25, -0.2) is 0 Å². The molecule has 1 saturated heterocycles. The van der Waals surface area contributed by atoms with Gasteiger partial charge in [-0.2, -0.15) is 0 Å². The smallest absolute Gasteiger partial charge is 0.234 e. The standard InChI is InChI=1S/C20H24N2O2/c1-21(2)20(23)19(16-8-4-3-5-9-16)17-10-6-7-11-18(17)22-12-14-24-15-13-22/h3-11,19H,12-15H2,1-2H3. The number of rotatable bonds is 4. The van der Waals surface area contributed by atoms with E-state index in [4.69, 9.17) is 4.74 Å². The van der Waals surface area contributed by atoms with E-state index in [-0.39, 0.29) is 11.8 Å². The van der Waals surface area contributed by atoms with Crippen molar-refractivity contribution in [3.05, 3.63) is 65.7 Å². The van der Waals surface area contributed by atoms with Crippen molar-refractivity contribution < 1.29 is 9.53 Å². The van der Waals surface area contributed by atoms with Gasteiger partial charge >= 0.3 is 0 Å². The number of carbonyl (C=O) groups excluding carboxylic acids is 1. The Labute approximate surface area is 143 Å². The Kier molecular flexibility index (Phi) is 5.16. The predicted octanol–water partition coefficient (Wildman–Crippen LogP) is 2.74. The molecule has 3 rings (SSSR count). The van der Waals surface area contributed by atoms with Gasteiger partial charge in [-0.15, -0.1) is 0 Å². The minimum absolute atomic E-state index is 0.0990. The van der Waals surface area contributed by atoms with Crippen LogP contribution in [0.1, 0.15) is 17.0 Å². The summed E-state index contributed by atoms with van der Waals surface area (Å²) >= 11 is 0. The van der Waals surface area contributed by atoms with E-state index in [1.54, 1.807) is 4.90 Å². The number of nitrogens with zero attached hydrogens (tertiary/aromatic N) is 2. The number of carbonyl (C=O) groups is 1. The quantitative estimate of drug-likeness (QED) is 0.867. The molecule has 1 heterocycles. The molecule has 1 unspecified atom stereocenters. The molecule has 1 aliphatic rings. The molecule has 1 amide bonds. The molecular weight excluding hydrogens is 300 g/mol. The molecule has 0 spiro atoms. The first-order valence-electron chi connectivity index (χ1n) is 8.36. The minimum atomic E-state index is -0.291. The number of hydrogen-bond donors (Lipinski definition) is 0. The third-order valence-corrected chi connectivity index (χ3v) is 4.42. The number of anilines is 1. The maximum Gasteiger partial charge on any atom is 0.234 e. The first-order chi connectivity index (χ1) is 11.7. The topological polar surface area (TPSA) is 32.8 Å². The summed E-state index contributed by atoms with van der Waals surface area (Å²) in [5.74, 6) is -0.192. The number of morpholine rings is 1. The molecule has 2 aromatic carbocycles. The van der Waals surface area contributed by atoms with Gasteiger partial charge in [0.2, 0.25) is 5.91 Å². The monoisotopic (exact) mass is 324 g/mol. The van der Waals surface area contributed by atoms with Crippen LogP contribution < -0.4 is 4.90 Å². The van der Waals surface area contributed by atoms with Gasteiger partial charge in [0.05, 0.1) is 19.1 Å². The van der Waals surface area contributed by atoms with E-state index in [0.717, 1.165) is 43.1 Å². The zero-order valence-corrected chi connectivity index (χ0v) is 14.3. The van der Waals surface area contributed by atoms with E-state index in [2.05, 4.69) is 17.0 Å². The van der Waals surface area contributed by atoms with Crippen molar-refractivity contribution >= 4 is 11.6 Å². The summed E-state index contributed by atoms with van der Waals surface area (Å²) in [6, 6.07) is 18.3.